The van der Waals surface area contributed by atoms with Crippen LogP contribution in [0.25, 0.3) is 22.6 Å². The standard InChI is InChI=1S/C12H6F4N4/c13-8-2-6(1-7(3-8)12(14,15)16)10-19-9-4-17-5-18-11(9)20-10/h1-5H,(H,17,18,19,20). The van der Waals surface area contributed by atoms with Gasteiger partial charge in [0.05, 0.1) is 11.8 Å². The second-order valence-electron chi connectivity index (χ2n) is 4.07. The van der Waals surface area contributed by atoms with Gasteiger partial charge in [-0.1, -0.05) is 0 Å². The zero-order valence-corrected chi connectivity index (χ0v) is 9.74. The molecule has 0 atom stereocenters. The number of nitrogens with zero attached hydrogens (tertiary/aromatic N) is 3. The summed E-state index contributed by atoms with van der Waals surface area (Å²) in [6.45, 7) is 0. The van der Waals surface area contributed by atoms with Gasteiger partial charge in [0, 0.05) is 5.56 Å². The summed E-state index contributed by atoms with van der Waals surface area (Å²) >= 11 is 0. The zero-order valence-electron chi connectivity index (χ0n) is 9.74. The zero-order chi connectivity index (χ0) is 14.3. The van der Waals surface area contributed by atoms with Gasteiger partial charge in [0.15, 0.2) is 5.65 Å². The summed E-state index contributed by atoms with van der Waals surface area (Å²) in [5.74, 6) is -0.883. The second-order valence-corrected chi connectivity index (χ2v) is 4.07. The van der Waals surface area contributed by atoms with Gasteiger partial charge in [-0.2, -0.15) is 13.2 Å². The summed E-state index contributed by atoms with van der Waals surface area (Å²) in [7, 11) is 0. The largest absolute Gasteiger partial charge is 0.416 e. The molecule has 2 aromatic heterocycles. The van der Waals surface area contributed by atoms with E-state index in [2.05, 4.69) is 19.9 Å². The van der Waals surface area contributed by atoms with Crippen LogP contribution in [0.2, 0.25) is 0 Å². The van der Waals surface area contributed by atoms with E-state index in [1.54, 1.807) is 0 Å². The van der Waals surface area contributed by atoms with Crippen LogP contribution in [0.5, 0.6) is 0 Å². The molecule has 0 bridgehead atoms. The molecule has 1 N–H and O–H groups in total. The SMILES string of the molecule is Fc1cc(-c2nc3ncncc3[nH]2)cc(C(F)(F)F)c1. The summed E-state index contributed by atoms with van der Waals surface area (Å²) in [5, 5.41) is 0. The highest BCUT2D eigenvalue weighted by Gasteiger charge is 2.31. The first kappa shape index (κ1) is 12.5. The smallest absolute Gasteiger partial charge is 0.335 e. The molecule has 102 valence electrons. The third-order valence-corrected chi connectivity index (χ3v) is 2.66. The van der Waals surface area contributed by atoms with Gasteiger partial charge in [-0.15, -0.1) is 0 Å². The first-order valence-corrected chi connectivity index (χ1v) is 5.47. The van der Waals surface area contributed by atoms with Crippen molar-refractivity contribution in [2.75, 3.05) is 0 Å². The van der Waals surface area contributed by atoms with Crippen molar-refractivity contribution >= 4 is 11.2 Å². The Bertz CT molecular complexity index is 745. The average Bonchev–Trinajstić information content (AvgIpc) is 2.80. The van der Waals surface area contributed by atoms with E-state index in [9.17, 15) is 17.6 Å². The summed E-state index contributed by atoms with van der Waals surface area (Å²) in [6.07, 6.45) is -1.93. The number of nitrogens with one attached hydrogen (secondary N) is 1. The minimum Gasteiger partial charge on any atom is -0.335 e. The van der Waals surface area contributed by atoms with E-state index < -0.39 is 17.6 Å². The Morgan fingerprint density at radius 1 is 1.10 bits per heavy atom. The number of rotatable bonds is 1. The molecule has 0 spiro atoms. The number of hydrogen-bond acceptors (Lipinski definition) is 3. The molecular formula is C12H6F4N4. The number of fused-ring (bicyclic) bond motifs is 1. The Morgan fingerprint density at radius 2 is 1.90 bits per heavy atom. The maximum absolute atomic E-state index is 13.3. The normalized spacial score (nSPS) is 12.0. The van der Waals surface area contributed by atoms with Crippen molar-refractivity contribution in [1.82, 2.24) is 19.9 Å². The van der Waals surface area contributed by atoms with Crippen LogP contribution in [0.3, 0.4) is 0 Å². The molecule has 3 rings (SSSR count). The quantitative estimate of drug-likeness (QED) is 0.697. The molecule has 1 aromatic carbocycles. The first-order valence-electron chi connectivity index (χ1n) is 5.47. The Labute approximate surface area is 109 Å². The molecule has 0 radical (unpaired) electrons. The van der Waals surface area contributed by atoms with Gasteiger partial charge >= 0.3 is 6.18 Å². The predicted molar refractivity (Wildman–Crippen MR) is 62.1 cm³/mol. The van der Waals surface area contributed by atoms with Crippen LogP contribution in [0, 0.1) is 5.82 Å². The minimum atomic E-state index is -4.62. The average molecular weight is 282 g/mol. The van der Waals surface area contributed by atoms with Crippen LogP contribution in [0.15, 0.2) is 30.7 Å². The highest BCUT2D eigenvalue weighted by atomic mass is 19.4. The molecule has 3 aromatic rings. The van der Waals surface area contributed by atoms with Gasteiger partial charge in [-0.25, -0.2) is 19.3 Å². The summed E-state index contributed by atoms with van der Waals surface area (Å²) in [5.41, 5.74) is -0.317. The van der Waals surface area contributed by atoms with Crippen molar-refractivity contribution in [3.63, 3.8) is 0 Å². The van der Waals surface area contributed by atoms with E-state index >= 15 is 0 Å². The number of imidazole rings is 1. The highest BCUT2D eigenvalue weighted by Crippen LogP contribution is 2.32. The van der Waals surface area contributed by atoms with Gasteiger partial charge in [0.2, 0.25) is 0 Å². The third kappa shape index (κ3) is 2.20. The second kappa shape index (κ2) is 4.26. The minimum absolute atomic E-state index is 0.00433. The van der Waals surface area contributed by atoms with Gasteiger partial charge in [0.25, 0.3) is 0 Å². The molecule has 20 heavy (non-hydrogen) atoms. The Hall–Kier alpha value is -2.51. The van der Waals surface area contributed by atoms with Crippen molar-refractivity contribution in [2.24, 2.45) is 0 Å². The Kier molecular flexibility index (Phi) is 2.66. The molecule has 0 aliphatic heterocycles. The van der Waals surface area contributed by atoms with E-state index in [0.29, 0.717) is 17.2 Å². The van der Waals surface area contributed by atoms with E-state index in [1.165, 1.54) is 12.5 Å². The maximum Gasteiger partial charge on any atom is 0.416 e. The van der Waals surface area contributed by atoms with Crippen LogP contribution in [0.1, 0.15) is 5.56 Å². The number of halogens is 4. The van der Waals surface area contributed by atoms with Gasteiger partial charge in [0.1, 0.15) is 23.5 Å². The molecule has 0 saturated heterocycles. The van der Waals surface area contributed by atoms with E-state index in [-0.39, 0.29) is 11.4 Å². The number of aromatic amines is 1. The van der Waals surface area contributed by atoms with Crippen LogP contribution < -0.4 is 0 Å². The predicted octanol–water partition coefficient (Wildman–Crippen LogP) is 3.18. The van der Waals surface area contributed by atoms with E-state index in [4.69, 9.17) is 0 Å². The number of benzene rings is 1. The summed E-state index contributed by atoms with van der Waals surface area (Å²) < 4.78 is 51.3. The number of alkyl halides is 3. The molecule has 0 amide bonds. The Balaban J connectivity index is 2.16. The van der Waals surface area contributed by atoms with Crippen molar-refractivity contribution in [1.29, 1.82) is 0 Å². The monoisotopic (exact) mass is 282 g/mol. The number of H-pyrrole nitrogens is 1. The molecule has 0 aliphatic rings. The lowest BCUT2D eigenvalue weighted by Crippen LogP contribution is -2.05. The van der Waals surface area contributed by atoms with Crippen LogP contribution in [0.4, 0.5) is 17.6 Å². The fourth-order valence-corrected chi connectivity index (χ4v) is 1.79. The van der Waals surface area contributed by atoms with Crippen LogP contribution in [-0.2, 0) is 6.18 Å². The Morgan fingerprint density at radius 3 is 2.60 bits per heavy atom. The summed E-state index contributed by atoms with van der Waals surface area (Å²) in [6, 6.07) is 2.24. The lowest BCUT2D eigenvalue weighted by Gasteiger charge is -2.08. The first-order chi connectivity index (χ1) is 9.43. The van der Waals surface area contributed by atoms with E-state index in [1.807, 2.05) is 0 Å². The van der Waals surface area contributed by atoms with Crippen molar-refractivity contribution < 1.29 is 17.6 Å². The summed E-state index contributed by atoms with van der Waals surface area (Å²) in [4.78, 5) is 14.4. The molecule has 0 unspecified atom stereocenters. The van der Waals surface area contributed by atoms with Crippen molar-refractivity contribution in [3.8, 4) is 11.4 Å². The van der Waals surface area contributed by atoms with Crippen molar-refractivity contribution in [2.45, 2.75) is 6.18 Å². The lowest BCUT2D eigenvalue weighted by molar-refractivity contribution is -0.137. The van der Waals surface area contributed by atoms with Crippen LogP contribution >= 0.6 is 0 Å². The molecule has 4 nitrogen and oxygen atoms in total. The molecule has 0 fully saturated rings. The van der Waals surface area contributed by atoms with Gasteiger partial charge < -0.3 is 4.98 Å². The third-order valence-electron chi connectivity index (χ3n) is 2.66. The van der Waals surface area contributed by atoms with Gasteiger partial charge in [-0.3, -0.25) is 0 Å². The molecule has 0 saturated carbocycles. The maximum atomic E-state index is 13.3. The van der Waals surface area contributed by atoms with E-state index in [0.717, 1.165) is 12.1 Å². The number of aromatic nitrogens is 4. The van der Waals surface area contributed by atoms with Crippen LogP contribution in [-0.4, -0.2) is 19.9 Å². The molecule has 8 heteroatoms. The number of hydrogen-bond donors (Lipinski definition) is 1. The fraction of sp³-hybridized carbons (Fsp3) is 0.0833. The molecular weight excluding hydrogens is 276 g/mol. The van der Waals surface area contributed by atoms with Crippen molar-refractivity contribution in [3.05, 3.63) is 42.1 Å². The van der Waals surface area contributed by atoms with Gasteiger partial charge in [-0.05, 0) is 18.2 Å². The lowest BCUT2D eigenvalue weighted by atomic mass is 10.1. The topological polar surface area (TPSA) is 54.5 Å². The fourth-order valence-electron chi connectivity index (χ4n) is 1.79. The molecule has 2 heterocycles. The molecule has 0 aliphatic carbocycles. The highest BCUT2D eigenvalue weighted by molar-refractivity contribution is 5.74.